The Labute approximate surface area is 170 Å². The first-order valence-corrected chi connectivity index (χ1v) is 9.53. The molecule has 2 atom stereocenters. The SMILES string of the molecule is O=C(NC(c1ccccn1)C(F)(F)F)c1[nH]c(CN2CCC(O)C2)[n+]2ccccc12. The number of carbonyl (C=O) groups is 1. The lowest BCUT2D eigenvalue weighted by molar-refractivity contribution is -0.522. The minimum absolute atomic E-state index is 0.0375. The third kappa shape index (κ3) is 4.14. The average Bonchev–Trinajstić information content (AvgIpc) is 3.30. The van der Waals surface area contributed by atoms with Crippen LogP contribution in [0.5, 0.6) is 0 Å². The molecule has 1 saturated heterocycles. The van der Waals surface area contributed by atoms with E-state index in [1.54, 1.807) is 28.8 Å². The van der Waals surface area contributed by atoms with Crippen molar-refractivity contribution in [3.8, 4) is 0 Å². The van der Waals surface area contributed by atoms with Gasteiger partial charge in [0.05, 0.1) is 18.0 Å². The van der Waals surface area contributed by atoms with E-state index in [1.165, 1.54) is 24.4 Å². The van der Waals surface area contributed by atoms with E-state index in [0.717, 1.165) is 0 Å². The van der Waals surface area contributed by atoms with Crippen LogP contribution in [0.15, 0.2) is 48.8 Å². The molecule has 7 nitrogen and oxygen atoms in total. The Kier molecular flexibility index (Phi) is 5.44. The molecule has 1 aliphatic heterocycles. The van der Waals surface area contributed by atoms with Gasteiger partial charge in [-0.2, -0.15) is 17.6 Å². The molecule has 2 unspecified atom stereocenters. The molecule has 3 N–H and O–H groups in total. The molecule has 4 heterocycles. The topological polar surface area (TPSA) is 85.3 Å². The third-order valence-electron chi connectivity index (χ3n) is 5.11. The Morgan fingerprint density at radius 1 is 1.33 bits per heavy atom. The van der Waals surface area contributed by atoms with E-state index < -0.39 is 24.2 Å². The van der Waals surface area contributed by atoms with Gasteiger partial charge in [0.1, 0.15) is 6.54 Å². The summed E-state index contributed by atoms with van der Waals surface area (Å²) in [5.41, 5.74) is 0.218. The summed E-state index contributed by atoms with van der Waals surface area (Å²) in [6.07, 6.45) is -1.44. The standard InChI is InChI=1S/C20H20F3N5O2/c21-20(22,23)18(14-5-1-3-8-24-14)26-19(30)17-15-6-2-4-9-28(15)16(25-17)12-27-10-7-13(29)11-27/h1-6,8-9,13,18,29H,7,10-12H2,(H,26,30)/p+1. The maximum Gasteiger partial charge on any atom is 0.414 e. The molecule has 30 heavy (non-hydrogen) atoms. The molecule has 1 amide bonds. The van der Waals surface area contributed by atoms with Crippen molar-refractivity contribution in [2.24, 2.45) is 0 Å². The summed E-state index contributed by atoms with van der Waals surface area (Å²) >= 11 is 0. The number of halogens is 3. The van der Waals surface area contributed by atoms with E-state index in [0.29, 0.717) is 37.4 Å². The van der Waals surface area contributed by atoms with Crippen molar-refractivity contribution in [2.75, 3.05) is 13.1 Å². The fraction of sp³-hybridized carbons (Fsp3) is 0.350. The number of nitrogens with one attached hydrogen (secondary N) is 2. The minimum Gasteiger partial charge on any atom is -0.392 e. The smallest absolute Gasteiger partial charge is 0.392 e. The highest BCUT2D eigenvalue weighted by Crippen LogP contribution is 2.31. The van der Waals surface area contributed by atoms with Crippen LogP contribution in [0.4, 0.5) is 13.2 Å². The van der Waals surface area contributed by atoms with Gasteiger partial charge in [-0.15, -0.1) is 0 Å². The summed E-state index contributed by atoms with van der Waals surface area (Å²) in [6, 6.07) is 7.10. The second kappa shape index (κ2) is 8.04. The fourth-order valence-electron chi connectivity index (χ4n) is 3.68. The van der Waals surface area contributed by atoms with Crippen molar-refractivity contribution in [3.63, 3.8) is 0 Å². The van der Waals surface area contributed by atoms with E-state index >= 15 is 0 Å². The number of hydrogen-bond acceptors (Lipinski definition) is 4. The zero-order chi connectivity index (χ0) is 21.3. The van der Waals surface area contributed by atoms with Crippen LogP contribution >= 0.6 is 0 Å². The second-order valence-electron chi connectivity index (χ2n) is 7.28. The monoisotopic (exact) mass is 420 g/mol. The highest BCUT2D eigenvalue weighted by atomic mass is 19.4. The summed E-state index contributed by atoms with van der Waals surface area (Å²) in [4.78, 5) is 21.6. The summed E-state index contributed by atoms with van der Waals surface area (Å²) in [7, 11) is 0. The van der Waals surface area contributed by atoms with Crippen molar-refractivity contribution >= 4 is 11.4 Å². The number of aliphatic hydroxyl groups is 1. The van der Waals surface area contributed by atoms with E-state index in [1.807, 2.05) is 4.90 Å². The van der Waals surface area contributed by atoms with Crippen LogP contribution in [0.1, 0.15) is 34.5 Å². The number of hydrogen-bond donors (Lipinski definition) is 3. The summed E-state index contributed by atoms with van der Waals surface area (Å²) in [6.45, 7) is 1.64. The van der Waals surface area contributed by atoms with Gasteiger partial charge < -0.3 is 10.4 Å². The molecule has 0 spiro atoms. The Balaban J connectivity index is 1.64. The quantitative estimate of drug-likeness (QED) is 0.549. The van der Waals surface area contributed by atoms with Crippen LogP contribution in [0, 0.1) is 0 Å². The maximum atomic E-state index is 13.6. The molecule has 0 radical (unpaired) electrons. The van der Waals surface area contributed by atoms with Crippen LogP contribution in [0.2, 0.25) is 0 Å². The van der Waals surface area contributed by atoms with Crippen LogP contribution in [0.25, 0.3) is 5.52 Å². The Morgan fingerprint density at radius 2 is 2.13 bits per heavy atom. The van der Waals surface area contributed by atoms with E-state index in [-0.39, 0.29) is 11.4 Å². The lowest BCUT2D eigenvalue weighted by atomic mass is 10.1. The molecule has 158 valence electrons. The summed E-state index contributed by atoms with van der Waals surface area (Å²) in [5, 5.41) is 11.8. The van der Waals surface area contributed by atoms with Crippen molar-refractivity contribution < 1.29 is 27.5 Å². The van der Waals surface area contributed by atoms with Gasteiger partial charge in [0.15, 0.2) is 11.6 Å². The largest absolute Gasteiger partial charge is 0.414 e. The number of alkyl halides is 3. The number of aromatic amines is 1. The van der Waals surface area contributed by atoms with Crippen molar-refractivity contribution in [2.45, 2.75) is 31.3 Å². The Morgan fingerprint density at radius 3 is 2.80 bits per heavy atom. The van der Waals surface area contributed by atoms with Gasteiger partial charge in [-0.3, -0.25) is 14.7 Å². The molecule has 3 aromatic rings. The van der Waals surface area contributed by atoms with E-state index in [4.69, 9.17) is 0 Å². The Hall–Kier alpha value is -2.98. The number of H-pyrrole nitrogens is 1. The van der Waals surface area contributed by atoms with Crippen LogP contribution in [-0.2, 0) is 6.54 Å². The van der Waals surface area contributed by atoms with Crippen LogP contribution in [-0.4, -0.2) is 51.3 Å². The van der Waals surface area contributed by atoms with Crippen molar-refractivity contribution in [3.05, 3.63) is 66.0 Å². The molecule has 10 heteroatoms. The first-order chi connectivity index (χ1) is 14.3. The molecular formula is C20H21F3N5O2+. The van der Waals surface area contributed by atoms with Gasteiger partial charge >= 0.3 is 6.18 Å². The normalized spacial score (nSPS) is 18.6. The zero-order valence-corrected chi connectivity index (χ0v) is 15.9. The van der Waals surface area contributed by atoms with E-state index in [2.05, 4.69) is 15.3 Å². The number of aliphatic hydroxyl groups excluding tert-OH is 1. The predicted molar refractivity (Wildman–Crippen MR) is 100 cm³/mol. The lowest BCUT2D eigenvalue weighted by Gasteiger charge is -2.20. The van der Waals surface area contributed by atoms with Gasteiger partial charge in [-0.05, 0) is 30.7 Å². The molecular weight excluding hydrogens is 399 g/mol. The number of amides is 1. The molecule has 0 saturated carbocycles. The van der Waals surface area contributed by atoms with Crippen molar-refractivity contribution in [1.29, 1.82) is 0 Å². The predicted octanol–water partition coefficient (Wildman–Crippen LogP) is 1.75. The van der Waals surface area contributed by atoms with Crippen LogP contribution < -0.4 is 9.72 Å². The van der Waals surface area contributed by atoms with Gasteiger partial charge in [-0.25, -0.2) is 4.98 Å². The minimum atomic E-state index is -4.70. The number of fused-ring (bicyclic) bond motifs is 1. The van der Waals surface area contributed by atoms with Gasteiger partial charge in [0, 0.05) is 19.3 Å². The number of β-amino-alcohol motifs (C(OH)–C–C–N with tert-alkyl or cyclic N) is 1. The highest BCUT2D eigenvalue weighted by Gasteiger charge is 2.44. The molecule has 1 fully saturated rings. The zero-order valence-electron chi connectivity index (χ0n) is 15.9. The molecule has 3 aromatic heterocycles. The number of aromatic nitrogens is 3. The molecule has 0 bridgehead atoms. The van der Waals surface area contributed by atoms with Crippen LogP contribution in [0.3, 0.4) is 0 Å². The number of imidazole rings is 1. The summed E-state index contributed by atoms with van der Waals surface area (Å²) in [5.74, 6) is -0.231. The van der Waals surface area contributed by atoms with Gasteiger partial charge in [0.2, 0.25) is 5.69 Å². The van der Waals surface area contributed by atoms with Crippen molar-refractivity contribution in [1.82, 2.24) is 20.2 Å². The first-order valence-electron chi connectivity index (χ1n) is 9.53. The molecule has 4 rings (SSSR count). The average molecular weight is 420 g/mol. The number of likely N-dealkylation sites (tertiary alicyclic amines) is 1. The second-order valence-corrected chi connectivity index (χ2v) is 7.28. The number of nitrogens with zero attached hydrogens (tertiary/aromatic N) is 3. The number of rotatable bonds is 5. The van der Waals surface area contributed by atoms with Gasteiger partial charge in [-0.1, -0.05) is 12.1 Å². The number of carbonyl (C=O) groups excluding carboxylic acids is 1. The lowest BCUT2D eigenvalue weighted by Crippen LogP contribution is -2.39. The Bertz CT molecular complexity index is 1040. The maximum absolute atomic E-state index is 13.6. The first kappa shape index (κ1) is 20.3. The van der Waals surface area contributed by atoms with Gasteiger partial charge in [0.25, 0.3) is 11.7 Å². The number of pyridine rings is 2. The third-order valence-corrected chi connectivity index (χ3v) is 5.11. The van der Waals surface area contributed by atoms with E-state index in [9.17, 15) is 23.1 Å². The molecule has 0 aliphatic carbocycles. The fourth-order valence-corrected chi connectivity index (χ4v) is 3.68. The molecule has 1 aliphatic rings. The molecule has 0 aromatic carbocycles. The summed E-state index contributed by atoms with van der Waals surface area (Å²) < 4.78 is 42.6. The highest BCUT2D eigenvalue weighted by molar-refractivity contribution is 5.98.